The zero-order valence-corrected chi connectivity index (χ0v) is 10.6. The Bertz CT molecular complexity index is 596. The van der Waals surface area contributed by atoms with Crippen molar-refractivity contribution in [2.45, 2.75) is 31.6 Å². The SMILES string of the molecule is NNC(=O)C1CCC(Cn2cc(Cl)c(=O)[nH]c2=O)O1. The maximum Gasteiger partial charge on any atom is 0.328 e. The molecular weight excluding hydrogens is 276 g/mol. The summed E-state index contributed by atoms with van der Waals surface area (Å²) in [5.41, 5.74) is 0.824. The number of ether oxygens (including phenoxy) is 1. The lowest BCUT2D eigenvalue weighted by Crippen LogP contribution is -2.39. The number of hydrogen-bond acceptors (Lipinski definition) is 5. The third kappa shape index (κ3) is 3.03. The van der Waals surface area contributed by atoms with Crippen molar-refractivity contribution in [1.29, 1.82) is 0 Å². The van der Waals surface area contributed by atoms with E-state index in [1.807, 2.05) is 5.43 Å². The number of aromatic amines is 1. The van der Waals surface area contributed by atoms with Crippen LogP contribution in [0.25, 0.3) is 0 Å². The Balaban J connectivity index is 2.07. The lowest BCUT2D eigenvalue weighted by molar-refractivity contribution is -0.132. The van der Waals surface area contributed by atoms with Crippen LogP contribution in [0.4, 0.5) is 0 Å². The molecule has 19 heavy (non-hydrogen) atoms. The molecule has 9 heteroatoms. The van der Waals surface area contributed by atoms with E-state index in [1.54, 1.807) is 0 Å². The fourth-order valence-electron chi connectivity index (χ4n) is 1.96. The second-order valence-electron chi connectivity index (χ2n) is 4.22. The van der Waals surface area contributed by atoms with Crippen LogP contribution in [0.3, 0.4) is 0 Å². The highest BCUT2D eigenvalue weighted by atomic mass is 35.5. The van der Waals surface area contributed by atoms with Crippen LogP contribution < -0.4 is 22.5 Å². The highest BCUT2D eigenvalue weighted by Crippen LogP contribution is 2.20. The summed E-state index contributed by atoms with van der Waals surface area (Å²) in [6, 6.07) is 0. The van der Waals surface area contributed by atoms with E-state index in [-0.39, 0.29) is 17.7 Å². The Hall–Kier alpha value is -1.64. The summed E-state index contributed by atoms with van der Waals surface area (Å²) in [4.78, 5) is 36.0. The highest BCUT2D eigenvalue weighted by molar-refractivity contribution is 6.30. The molecule has 0 saturated carbocycles. The molecule has 8 nitrogen and oxygen atoms in total. The van der Waals surface area contributed by atoms with Crippen molar-refractivity contribution in [2.75, 3.05) is 0 Å². The van der Waals surface area contributed by atoms with E-state index < -0.39 is 23.3 Å². The first kappa shape index (κ1) is 13.8. The van der Waals surface area contributed by atoms with Gasteiger partial charge in [0.1, 0.15) is 11.1 Å². The lowest BCUT2D eigenvalue weighted by Gasteiger charge is -2.13. The largest absolute Gasteiger partial charge is 0.363 e. The van der Waals surface area contributed by atoms with Gasteiger partial charge in [-0.1, -0.05) is 11.6 Å². The number of nitrogens with one attached hydrogen (secondary N) is 2. The molecular formula is C10H13ClN4O4. The third-order valence-corrected chi connectivity index (χ3v) is 3.18. The van der Waals surface area contributed by atoms with Crippen molar-refractivity contribution in [1.82, 2.24) is 15.0 Å². The van der Waals surface area contributed by atoms with Crippen LogP contribution >= 0.6 is 11.6 Å². The fraction of sp³-hybridized carbons (Fsp3) is 0.500. The molecule has 2 heterocycles. The van der Waals surface area contributed by atoms with Gasteiger partial charge in [-0.05, 0) is 12.8 Å². The van der Waals surface area contributed by atoms with E-state index >= 15 is 0 Å². The van der Waals surface area contributed by atoms with Crippen molar-refractivity contribution >= 4 is 17.5 Å². The molecule has 1 aliphatic heterocycles. The summed E-state index contributed by atoms with van der Waals surface area (Å²) in [7, 11) is 0. The first-order valence-corrected chi connectivity index (χ1v) is 6.04. The van der Waals surface area contributed by atoms with Gasteiger partial charge in [-0.2, -0.15) is 0 Å². The van der Waals surface area contributed by atoms with Crippen LogP contribution in [-0.4, -0.2) is 27.7 Å². The van der Waals surface area contributed by atoms with Gasteiger partial charge in [0.2, 0.25) is 0 Å². The van der Waals surface area contributed by atoms with E-state index in [0.29, 0.717) is 12.8 Å². The maximum absolute atomic E-state index is 11.5. The molecule has 0 aliphatic carbocycles. The Labute approximate surface area is 112 Å². The molecule has 0 aromatic carbocycles. The van der Waals surface area contributed by atoms with Crippen molar-refractivity contribution in [3.05, 3.63) is 32.1 Å². The minimum absolute atomic E-state index is 0.0751. The normalized spacial score (nSPS) is 22.4. The van der Waals surface area contributed by atoms with E-state index in [0.717, 1.165) is 0 Å². The summed E-state index contributed by atoms with van der Waals surface area (Å²) in [6.45, 7) is 0.212. The molecule has 1 fully saturated rings. The average Bonchev–Trinajstić information content (AvgIpc) is 2.83. The summed E-state index contributed by atoms with van der Waals surface area (Å²) in [6.07, 6.45) is 1.48. The van der Waals surface area contributed by atoms with Crippen molar-refractivity contribution in [2.24, 2.45) is 5.84 Å². The molecule has 0 radical (unpaired) electrons. The second kappa shape index (κ2) is 5.55. The summed E-state index contributed by atoms with van der Waals surface area (Å²) >= 11 is 5.65. The minimum atomic E-state index is -0.629. The number of H-pyrrole nitrogens is 1. The molecule has 1 amide bonds. The van der Waals surface area contributed by atoms with Gasteiger partial charge in [0.05, 0.1) is 12.6 Å². The molecule has 1 aromatic heterocycles. The van der Waals surface area contributed by atoms with Crippen molar-refractivity contribution < 1.29 is 9.53 Å². The van der Waals surface area contributed by atoms with Crippen LogP contribution in [0.5, 0.6) is 0 Å². The zero-order chi connectivity index (χ0) is 14.0. The van der Waals surface area contributed by atoms with Crippen LogP contribution in [0, 0.1) is 0 Å². The first-order valence-electron chi connectivity index (χ1n) is 5.66. The van der Waals surface area contributed by atoms with E-state index in [1.165, 1.54) is 10.8 Å². The van der Waals surface area contributed by atoms with Crippen LogP contribution in [0.1, 0.15) is 12.8 Å². The second-order valence-corrected chi connectivity index (χ2v) is 4.63. The molecule has 1 saturated heterocycles. The average molecular weight is 289 g/mol. The minimum Gasteiger partial charge on any atom is -0.363 e. The Morgan fingerprint density at radius 2 is 2.32 bits per heavy atom. The van der Waals surface area contributed by atoms with E-state index in [4.69, 9.17) is 22.2 Å². The van der Waals surface area contributed by atoms with Gasteiger partial charge >= 0.3 is 5.69 Å². The molecule has 2 unspecified atom stereocenters. The maximum atomic E-state index is 11.5. The van der Waals surface area contributed by atoms with Crippen molar-refractivity contribution in [3.8, 4) is 0 Å². The number of aromatic nitrogens is 2. The highest BCUT2D eigenvalue weighted by Gasteiger charge is 2.30. The standard InChI is InChI=1S/C10H13ClN4O4/c11-6-4-15(10(18)13-8(6)16)3-5-1-2-7(19-5)9(17)14-12/h4-5,7H,1-3,12H2,(H,14,17)(H,13,16,18). The predicted octanol–water partition coefficient (Wildman–Crippen LogP) is -1.27. The zero-order valence-electron chi connectivity index (χ0n) is 9.89. The van der Waals surface area contributed by atoms with Gasteiger partial charge < -0.3 is 4.74 Å². The third-order valence-electron chi connectivity index (χ3n) is 2.91. The van der Waals surface area contributed by atoms with Gasteiger partial charge in [0.25, 0.3) is 11.5 Å². The smallest absolute Gasteiger partial charge is 0.328 e. The summed E-state index contributed by atoms with van der Waals surface area (Å²) < 4.78 is 6.70. The van der Waals surface area contributed by atoms with Gasteiger partial charge in [-0.25, -0.2) is 10.6 Å². The molecule has 2 atom stereocenters. The van der Waals surface area contributed by atoms with Gasteiger partial charge in [0, 0.05) is 6.20 Å². The molecule has 4 N–H and O–H groups in total. The number of nitrogens with two attached hydrogens (primary N) is 1. The Kier molecular flexibility index (Phi) is 4.03. The van der Waals surface area contributed by atoms with Crippen molar-refractivity contribution in [3.63, 3.8) is 0 Å². The van der Waals surface area contributed by atoms with Gasteiger partial charge in [-0.3, -0.25) is 24.6 Å². The molecule has 0 spiro atoms. The number of rotatable bonds is 3. The number of carbonyl (C=O) groups excluding carboxylic acids is 1. The van der Waals surface area contributed by atoms with Crippen LogP contribution in [0.15, 0.2) is 15.8 Å². The Morgan fingerprint density at radius 3 is 3.00 bits per heavy atom. The number of amides is 1. The van der Waals surface area contributed by atoms with E-state index in [9.17, 15) is 14.4 Å². The summed E-state index contributed by atoms with van der Waals surface area (Å²) in [5.74, 6) is 4.62. The molecule has 1 aliphatic rings. The predicted molar refractivity (Wildman–Crippen MR) is 66.6 cm³/mol. The number of nitrogens with zero attached hydrogens (tertiary/aromatic N) is 1. The lowest BCUT2D eigenvalue weighted by atomic mass is 10.2. The number of hydrazine groups is 1. The molecule has 0 bridgehead atoms. The molecule has 2 rings (SSSR count). The monoisotopic (exact) mass is 288 g/mol. The molecule has 104 valence electrons. The molecule has 1 aromatic rings. The number of carbonyl (C=O) groups is 1. The van der Waals surface area contributed by atoms with Gasteiger partial charge in [0.15, 0.2) is 0 Å². The first-order chi connectivity index (χ1) is 9.01. The topological polar surface area (TPSA) is 119 Å². The quantitative estimate of drug-likeness (QED) is 0.364. The Morgan fingerprint density at radius 1 is 1.58 bits per heavy atom. The van der Waals surface area contributed by atoms with E-state index in [2.05, 4.69) is 4.98 Å². The summed E-state index contributed by atoms with van der Waals surface area (Å²) in [5, 5.41) is -0.0751. The fourth-order valence-corrected chi connectivity index (χ4v) is 2.13. The number of hydrogen-bond donors (Lipinski definition) is 3. The van der Waals surface area contributed by atoms with Crippen LogP contribution in [0.2, 0.25) is 5.02 Å². The number of halogens is 1. The van der Waals surface area contributed by atoms with Gasteiger partial charge in [-0.15, -0.1) is 0 Å². The van der Waals surface area contributed by atoms with Crippen LogP contribution in [-0.2, 0) is 16.1 Å².